The molecule has 0 heterocycles. The van der Waals surface area contributed by atoms with Crippen LogP contribution in [0.2, 0.25) is 0 Å². The van der Waals surface area contributed by atoms with Gasteiger partial charge in [-0.1, -0.05) is 290 Å². The number of nitrogens with one attached hydrogen (secondary N) is 1. The van der Waals surface area contributed by atoms with Crippen molar-refractivity contribution >= 4 is 19.7 Å². The minimum Gasteiger partial charge on any atom is -0.756 e. The van der Waals surface area contributed by atoms with Gasteiger partial charge in [0.05, 0.1) is 33.8 Å². The first kappa shape index (κ1) is 83.4. The molecule has 0 rings (SSSR count). The van der Waals surface area contributed by atoms with Crippen LogP contribution in [0.25, 0.3) is 0 Å². The predicted molar refractivity (Wildman–Crippen MR) is 376 cm³/mol. The average molecular weight is 1230 g/mol. The summed E-state index contributed by atoms with van der Waals surface area (Å²) < 4.78 is 30.4. The van der Waals surface area contributed by atoms with Crippen LogP contribution < -0.4 is 10.2 Å². The van der Waals surface area contributed by atoms with E-state index in [9.17, 15) is 19.0 Å². The number of unbranched alkanes of at least 4 members (excludes halogenated alkanes) is 30. The lowest BCUT2D eigenvalue weighted by Gasteiger charge is -2.30. The third-order valence-electron chi connectivity index (χ3n) is 15.4. The van der Waals surface area contributed by atoms with Crippen molar-refractivity contribution in [2.45, 2.75) is 315 Å². The SMILES string of the molecule is CC/C=C\C/C=C\C/C=C\C/C=C\C/C=C\CCCCCCCCCC(=O)NC(COP(=O)([O-])OCC[N+](C)(C)C)C(/C=C/CCCCCCCCCCC)OC(=O)CCCCCCCCCCCCC/C=C\C/C=C\C/C=C\C/C=C\CCCCC. The minimum atomic E-state index is -4.72. The Morgan fingerprint density at radius 3 is 1.13 bits per heavy atom. The summed E-state index contributed by atoms with van der Waals surface area (Å²) in [6.45, 7) is 6.69. The molecule has 0 fully saturated rings. The monoisotopic (exact) mass is 1230 g/mol. The van der Waals surface area contributed by atoms with E-state index in [-0.39, 0.29) is 24.9 Å². The van der Waals surface area contributed by atoms with E-state index >= 15 is 0 Å². The Labute approximate surface area is 537 Å². The van der Waals surface area contributed by atoms with Gasteiger partial charge in [-0.2, -0.15) is 0 Å². The molecular weight excluding hydrogens is 1100 g/mol. The van der Waals surface area contributed by atoms with Gasteiger partial charge in [0.15, 0.2) is 0 Å². The molecular formula is C77H135N2O7P. The van der Waals surface area contributed by atoms with Crippen LogP contribution in [0.4, 0.5) is 0 Å². The van der Waals surface area contributed by atoms with Gasteiger partial charge in [-0.05, 0) is 122 Å². The van der Waals surface area contributed by atoms with Gasteiger partial charge in [-0.3, -0.25) is 14.2 Å². The van der Waals surface area contributed by atoms with Crippen molar-refractivity contribution in [3.63, 3.8) is 0 Å². The van der Waals surface area contributed by atoms with Crippen molar-refractivity contribution in [3.05, 3.63) is 122 Å². The number of hydrogen-bond donors (Lipinski definition) is 1. The molecule has 0 saturated carbocycles. The third-order valence-corrected chi connectivity index (χ3v) is 16.3. The number of ether oxygens (including phenoxy) is 1. The summed E-state index contributed by atoms with van der Waals surface area (Å²) in [5.74, 6) is -0.559. The van der Waals surface area contributed by atoms with E-state index in [2.05, 4.69) is 135 Å². The molecule has 9 nitrogen and oxygen atoms in total. The molecule has 10 heteroatoms. The number of phosphoric acid groups is 1. The second-order valence-corrected chi connectivity index (χ2v) is 26.4. The molecule has 0 aromatic carbocycles. The number of likely N-dealkylation sites (N-methyl/N-ethyl adjacent to an activating group) is 1. The largest absolute Gasteiger partial charge is 0.756 e. The Morgan fingerprint density at radius 1 is 0.414 bits per heavy atom. The lowest BCUT2D eigenvalue weighted by Crippen LogP contribution is -2.47. The second-order valence-electron chi connectivity index (χ2n) is 25.0. The van der Waals surface area contributed by atoms with Crippen LogP contribution in [-0.2, 0) is 27.9 Å². The fourth-order valence-corrected chi connectivity index (χ4v) is 10.6. The molecule has 0 aliphatic heterocycles. The fraction of sp³-hybridized carbons (Fsp3) is 0.714. The Bertz CT molecular complexity index is 1900. The Hall–Kier alpha value is -3.59. The minimum absolute atomic E-state index is 0.0308. The second kappa shape index (κ2) is 65.4. The smallest absolute Gasteiger partial charge is 0.306 e. The van der Waals surface area contributed by atoms with E-state index in [0.717, 1.165) is 128 Å². The maximum absolute atomic E-state index is 13.6. The maximum atomic E-state index is 13.6. The molecule has 0 aliphatic rings. The van der Waals surface area contributed by atoms with Crippen LogP contribution in [0.15, 0.2) is 122 Å². The van der Waals surface area contributed by atoms with E-state index in [1.807, 2.05) is 33.3 Å². The summed E-state index contributed by atoms with van der Waals surface area (Å²) >= 11 is 0. The zero-order valence-corrected chi connectivity index (χ0v) is 58.1. The first-order valence-electron chi connectivity index (χ1n) is 35.8. The highest BCUT2D eigenvalue weighted by molar-refractivity contribution is 7.45. The molecule has 0 aliphatic carbocycles. The molecule has 1 N–H and O–H groups in total. The molecule has 3 atom stereocenters. The van der Waals surface area contributed by atoms with E-state index in [0.29, 0.717) is 17.4 Å². The van der Waals surface area contributed by atoms with Gasteiger partial charge in [0.1, 0.15) is 19.3 Å². The van der Waals surface area contributed by atoms with Gasteiger partial charge >= 0.3 is 5.97 Å². The van der Waals surface area contributed by atoms with Crippen LogP contribution in [-0.4, -0.2) is 69.4 Å². The molecule has 0 radical (unpaired) electrons. The van der Waals surface area contributed by atoms with Crippen molar-refractivity contribution in [2.75, 3.05) is 40.9 Å². The van der Waals surface area contributed by atoms with Gasteiger partial charge in [0.2, 0.25) is 5.91 Å². The van der Waals surface area contributed by atoms with Crippen LogP contribution >= 0.6 is 7.82 Å². The number of quaternary nitrogens is 1. The fourth-order valence-electron chi connectivity index (χ4n) is 9.89. The number of hydrogen-bond acceptors (Lipinski definition) is 7. The summed E-state index contributed by atoms with van der Waals surface area (Å²) in [4.78, 5) is 40.2. The first-order chi connectivity index (χ1) is 42.4. The predicted octanol–water partition coefficient (Wildman–Crippen LogP) is 22.4. The van der Waals surface area contributed by atoms with Crippen molar-refractivity contribution < 1.29 is 37.3 Å². The highest BCUT2D eigenvalue weighted by atomic mass is 31.2. The molecule has 3 unspecified atom stereocenters. The summed E-state index contributed by atoms with van der Waals surface area (Å²) in [5.41, 5.74) is 0. The van der Waals surface area contributed by atoms with E-state index in [4.69, 9.17) is 13.8 Å². The summed E-state index contributed by atoms with van der Waals surface area (Å²) in [6.07, 6.45) is 91.8. The standard InChI is InChI=1S/C77H135N2O7P/c1-7-10-13-16-19-22-25-27-29-31-33-35-37-38-39-40-42-44-46-48-50-52-55-58-61-64-67-70-77(81)86-75(68-65-62-59-56-53-24-21-18-15-12-9-3)74(73-85-87(82,83)84-72-71-79(4,5)6)78-76(80)69-66-63-60-57-54-51-49-47-45-43-41-36-34-32-30-28-26-23-20-17-14-11-8-2/h11,14,19-20,22-23,27-30,33-36,38-39,43,45,65,68,74-75H,7-10,12-13,15-18,21,24-26,31-32,37,40-42,44,46-64,66-67,69-73H2,1-6H3,(H-,78,80,82,83)/b14-11-,22-19-,23-20-,29-27-,30-28-,35-33-,36-34-,39-38-,45-43-,68-65+. The van der Waals surface area contributed by atoms with E-state index < -0.39 is 26.6 Å². The molecule has 87 heavy (non-hydrogen) atoms. The average Bonchev–Trinajstić information content (AvgIpc) is 3.70. The first-order valence-corrected chi connectivity index (χ1v) is 37.3. The van der Waals surface area contributed by atoms with Crippen LogP contribution in [0.1, 0.15) is 303 Å². The highest BCUT2D eigenvalue weighted by Gasteiger charge is 2.27. The lowest BCUT2D eigenvalue weighted by atomic mass is 10.0. The quantitative estimate of drug-likeness (QED) is 0.0212. The van der Waals surface area contributed by atoms with Crippen molar-refractivity contribution in [1.29, 1.82) is 0 Å². The van der Waals surface area contributed by atoms with Gasteiger partial charge in [0, 0.05) is 12.8 Å². The van der Waals surface area contributed by atoms with E-state index in [1.54, 1.807) is 0 Å². The molecule has 500 valence electrons. The van der Waals surface area contributed by atoms with Gasteiger partial charge in [-0.25, -0.2) is 0 Å². The number of rotatable bonds is 64. The number of phosphoric ester groups is 1. The topological polar surface area (TPSA) is 114 Å². The normalized spacial score (nSPS) is 14.2. The van der Waals surface area contributed by atoms with Crippen LogP contribution in [0.5, 0.6) is 0 Å². The highest BCUT2D eigenvalue weighted by Crippen LogP contribution is 2.38. The molecule has 0 saturated heterocycles. The Morgan fingerprint density at radius 2 is 0.736 bits per heavy atom. The zero-order valence-electron chi connectivity index (χ0n) is 57.2. The number of esters is 1. The number of nitrogens with zero attached hydrogens (tertiary/aromatic N) is 1. The Balaban J connectivity index is 5.05. The zero-order chi connectivity index (χ0) is 63.5. The van der Waals surface area contributed by atoms with Crippen LogP contribution in [0.3, 0.4) is 0 Å². The molecule has 0 bridgehead atoms. The van der Waals surface area contributed by atoms with Crippen molar-refractivity contribution in [1.82, 2.24) is 5.32 Å². The summed E-state index contributed by atoms with van der Waals surface area (Å²) in [5, 5.41) is 3.03. The van der Waals surface area contributed by atoms with Gasteiger partial charge in [0.25, 0.3) is 7.82 Å². The Kier molecular flexibility index (Phi) is 62.7. The third kappa shape index (κ3) is 66.7. The number of carbonyl (C=O) groups excluding carboxylic acids is 2. The molecule has 0 aromatic rings. The number of carbonyl (C=O) groups is 2. The molecule has 1 amide bonds. The van der Waals surface area contributed by atoms with Gasteiger partial charge < -0.3 is 28.5 Å². The summed E-state index contributed by atoms with van der Waals surface area (Å²) in [6, 6.07) is -0.905. The van der Waals surface area contributed by atoms with E-state index in [1.165, 1.54) is 141 Å². The maximum Gasteiger partial charge on any atom is 0.306 e. The molecule has 0 aromatic heterocycles. The van der Waals surface area contributed by atoms with Crippen molar-refractivity contribution in [3.8, 4) is 0 Å². The van der Waals surface area contributed by atoms with Gasteiger partial charge in [-0.15, -0.1) is 0 Å². The van der Waals surface area contributed by atoms with Crippen molar-refractivity contribution in [2.24, 2.45) is 0 Å². The van der Waals surface area contributed by atoms with Crippen LogP contribution in [0, 0.1) is 0 Å². The number of amides is 1. The lowest BCUT2D eigenvalue weighted by molar-refractivity contribution is -0.870. The summed E-state index contributed by atoms with van der Waals surface area (Å²) in [7, 11) is 1.16. The number of allylic oxidation sites excluding steroid dienone is 19. The molecule has 0 spiro atoms.